The van der Waals surface area contributed by atoms with E-state index in [0.717, 1.165) is 36.2 Å². The Bertz CT molecular complexity index is 535. The van der Waals surface area contributed by atoms with Crippen molar-refractivity contribution in [1.82, 2.24) is 4.98 Å². The number of methoxy groups -OCH3 is 1. The third kappa shape index (κ3) is 2.53. The number of aromatic nitrogens is 1. The van der Waals surface area contributed by atoms with E-state index in [9.17, 15) is 5.11 Å². The average Bonchev–Trinajstić information content (AvgIpc) is 2.80. The normalized spacial score (nSPS) is 27.8. The van der Waals surface area contributed by atoms with E-state index in [4.69, 9.17) is 4.74 Å². The van der Waals surface area contributed by atoms with Gasteiger partial charge in [-0.25, -0.2) is 4.98 Å². The van der Waals surface area contributed by atoms with Crippen molar-refractivity contribution in [3.8, 4) is 0 Å². The van der Waals surface area contributed by atoms with Gasteiger partial charge in [0.1, 0.15) is 0 Å². The zero-order chi connectivity index (χ0) is 13.3. The molecule has 0 bridgehead atoms. The van der Waals surface area contributed by atoms with Gasteiger partial charge in [-0.05, 0) is 25.0 Å². The van der Waals surface area contributed by atoms with Gasteiger partial charge in [-0.15, -0.1) is 11.3 Å². The lowest BCUT2D eigenvalue weighted by Crippen LogP contribution is -2.47. The number of aliphatic hydroxyl groups is 1. The highest BCUT2D eigenvalue weighted by Gasteiger charge is 2.40. The molecule has 1 aromatic carbocycles. The highest BCUT2D eigenvalue weighted by atomic mass is 32.1. The van der Waals surface area contributed by atoms with Crippen molar-refractivity contribution in [1.29, 1.82) is 0 Å². The predicted molar refractivity (Wildman–Crippen MR) is 77.5 cm³/mol. The van der Waals surface area contributed by atoms with Crippen LogP contribution in [0.15, 0.2) is 24.3 Å². The first-order valence-electron chi connectivity index (χ1n) is 6.81. The van der Waals surface area contributed by atoms with Crippen LogP contribution in [0.5, 0.6) is 0 Å². The fourth-order valence-corrected chi connectivity index (χ4v) is 4.07. The van der Waals surface area contributed by atoms with Crippen LogP contribution in [0.1, 0.15) is 30.7 Å². The number of nitrogens with zero attached hydrogens (tertiary/aromatic N) is 1. The molecule has 2 atom stereocenters. The summed E-state index contributed by atoms with van der Waals surface area (Å²) in [6, 6.07) is 8.12. The number of fused-ring (bicyclic) bond motifs is 1. The molecular formula is C15H19NO2S. The molecule has 2 aromatic rings. The summed E-state index contributed by atoms with van der Waals surface area (Å²) in [7, 11) is 1.69. The van der Waals surface area contributed by atoms with Crippen LogP contribution in [-0.2, 0) is 11.2 Å². The maximum absolute atomic E-state index is 10.9. The fraction of sp³-hybridized carbons (Fsp3) is 0.533. The Kier molecular flexibility index (Phi) is 3.56. The molecule has 1 heterocycles. The smallest absolute Gasteiger partial charge is 0.0971 e. The van der Waals surface area contributed by atoms with E-state index in [-0.39, 0.29) is 6.10 Å². The van der Waals surface area contributed by atoms with Crippen molar-refractivity contribution in [3.05, 3.63) is 29.3 Å². The van der Waals surface area contributed by atoms with Gasteiger partial charge in [0.2, 0.25) is 0 Å². The largest absolute Gasteiger partial charge is 0.387 e. The van der Waals surface area contributed by atoms with Crippen LogP contribution in [0.25, 0.3) is 10.2 Å². The number of ether oxygens (including phenoxy) is 1. The average molecular weight is 277 g/mol. The van der Waals surface area contributed by atoms with Gasteiger partial charge in [0.15, 0.2) is 0 Å². The van der Waals surface area contributed by atoms with Crippen molar-refractivity contribution in [2.75, 3.05) is 7.11 Å². The molecule has 3 rings (SSSR count). The van der Waals surface area contributed by atoms with Crippen molar-refractivity contribution in [2.24, 2.45) is 0 Å². The minimum Gasteiger partial charge on any atom is -0.387 e. The van der Waals surface area contributed by atoms with Crippen LogP contribution < -0.4 is 0 Å². The second kappa shape index (κ2) is 5.19. The van der Waals surface area contributed by atoms with E-state index in [2.05, 4.69) is 11.1 Å². The van der Waals surface area contributed by atoms with E-state index in [1.165, 1.54) is 4.70 Å². The lowest BCUT2D eigenvalue weighted by atomic mass is 9.80. The van der Waals surface area contributed by atoms with Crippen LogP contribution >= 0.6 is 11.3 Å². The summed E-state index contributed by atoms with van der Waals surface area (Å²) in [5.74, 6) is 0. The van der Waals surface area contributed by atoms with Crippen LogP contribution in [0.3, 0.4) is 0 Å². The minimum absolute atomic E-state index is 0.0618. The summed E-state index contributed by atoms with van der Waals surface area (Å²) < 4.78 is 6.67. The molecule has 0 aliphatic heterocycles. The van der Waals surface area contributed by atoms with Crippen LogP contribution in [-0.4, -0.2) is 28.9 Å². The molecule has 19 heavy (non-hydrogen) atoms. The third-order valence-corrected chi connectivity index (χ3v) is 5.04. The summed E-state index contributed by atoms with van der Waals surface area (Å²) in [6.45, 7) is 0. The van der Waals surface area contributed by atoms with E-state index >= 15 is 0 Å². The number of rotatable bonds is 3. The molecule has 1 aromatic heterocycles. The molecule has 1 fully saturated rings. The Morgan fingerprint density at radius 1 is 1.42 bits per heavy atom. The SMILES string of the molecule is COC1CCCCC1(O)Cc1nc2ccccc2s1. The summed E-state index contributed by atoms with van der Waals surface area (Å²) in [4.78, 5) is 4.62. The molecule has 102 valence electrons. The highest BCUT2D eigenvalue weighted by Crippen LogP contribution is 2.35. The number of hydrogen-bond donors (Lipinski definition) is 1. The topological polar surface area (TPSA) is 42.4 Å². The first-order valence-corrected chi connectivity index (χ1v) is 7.62. The molecule has 4 heteroatoms. The molecule has 2 unspecified atom stereocenters. The Morgan fingerprint density at radius 3 is 3.05 bits per heavy atom. The molecule has 1 aliphatic rings. The Morgan fingerprint density at radius 2 is 2.26 bits per heavy atom. The molecule has 0 radical (unpaired) electrons. The number of hydrogen-bond acceptors (Lipinski definition) is 4. The molecule has 0 saturated heterocycles. The Labute approximate surface area is 117 Å². The van der Waals surface area contributed by atoms with E-state index in [1.54, 1.807) is 18.4 Å². The van der Waals surface area contributed by atoms with E-state index < -0.39 is 5.60 Å². The van der Waals surface area contributed by atoms with Gasteiger partial charge in [0, 0.05) is 13.5 Å². The van der Waals surface area contributed by atoms with Gasteiger partial charge in [-0.3, -0.25) is 0 Å². The van der Waals surface area contributed by atoms with Gasteiger partial charge < -0.3 is 9.84 Å². The Balaban J connectivity index is 1.86. The number of para-hydroxylation sites is 1. The summed E-state index contributed by atoms with van der Waals surface area (Å²) >= 11 is 1.68. The van der Waals surface area contributed by atoms with Crippen LogP contribution in [0, 0.1) is 0 Å². The van der Waals surface area contributed by atoms with Crippen molar-refractivity contribution in [2.45, 2.75) is 43.8 Å². The second-order valence-corrected chi connectivity index (χ2v) is 6.44. The van der Waals surface area contributed by atoms with Gasteiger partial charge >= 0.3 is 0 Å². The van der Waals surface area contributed by atoms with Crippen molar-refractivity contribution < 1.29 is 9.84 Å². The van der Waals surface area contributed by atoms with Gasteiger partial charge in [-0.1, -0.05) is 25.0 Å². The zero-order valence-corrected chi connectivity index (χ0v) is 11.9. The standard InChI is InChI=1S/C15H19NO2S/c1-18-13-8-4-5-9-15(13,17)10-14-16-11-6-2-3-7-12(11)19-14/h2-3,6-7,13,17H,4-5,8-10H2,1H3. The third-order valence-electron chi connectivity index (χ3n) is 4.01. The number of thiazole rings is 1. The van der Waals surface area contributed by atoms with Gasteiger partial charge in [0.25, 0.3) is 0 Å². The lowest BCUT2D eigenvalue weighted by Gasteiger charge is -2.38. The molecule has 0 amide bonds. The predicted octanol–water partition coefficient (Wildman–Crippen LogP) is 3.16. The van der Waals surface area contributed by atoms with Crippen molar-refractivity contribution >= 4 is 21.6 Å². The second-order valence-electron chi connectivity index (χ2n) is 5.33. The summed E-state index contributed by atoms with van der Waals surface area (Å²) in [6.07, 6.45) is 4.50. The minimum atomic E-state index is -0.749. The lowest BCUT2D eigenvalue weighted by molar-refractivity contribution is -0.116. The monoisotopic (exact) mass is 277 g/mol. The summed E-state index contributed by atoms with van der Waals surface area (Å²) in [5.41, 5.74) is 0.275. The maximum Gasteiger partial charge on any atom is 0.0971 e. The summed E-state index contributed by atoms with van der Waals surface area (Å²) in [5, 5.41) is 11.9. The van der Waals surface area contributed by atoms with Crippen LogP contribution in [0.4, 0.5) is 0 Å². The first kappa shape index (κ1) is 13.0. The van der Waals surface area contributed by atoms with Gasteiger partial charge in [0.05, 0.1) is 26.9 Å². The molecule has 3 nitrogen and oxygen atoms in total. The number of benzene rings is 1. The van der Waals surface area contributed by atoms with E-state index in [1.807, 2.05) is 18.2 Å². The molecule has 1 saturated carbocycles. The van der Waals surface area contributed by atoms with Gasteiger partial charge in [-0.2, -0.15) is 0 Å². The molecular weight excluding hydrogens is 258 g/mol. The first-order chi connectivity index (χ1) is 9.21. The highest BCUT2D eigenvalue weighted by molar-refractivity contribution is 7.18. The van der Waals surface area contributed by atoms with E-state index in [0.29, 0.717) is 6.42 Å². The Hall–Kier alpha value is -0.970. The molecule has 1 aliphatic carbocycles. The van der Waals surface area contributed by atoms with Crippen molar-refractivity contribution in [3.63, 3.8) is 0 Å². The maximum atomic E-state index is 10.9. The fourth-order valence-electron chi connectivity index (χ4n) is 2.99. The van der Waals surface area contributed by atoms with Crippen LogP contribution in [0.2, 0.25) is 0 Å². The quantitative estimate of drug-likeness (QED) is 0.937. The zero-order valence-electron chi connectivity index (χ0n) is 11.1. The molecule has 0 spiro atoms. The molecule has 1 N–H and O–H groups in total.